The maximum absolute atomic E-state index is 11.0. The van der Waals surface area contributed by atoms with E-state index in [1.54, 1.807) is 12.3 Å². The monoisotopic (exact) mass is 263 g/mol. The first-order valence-corrected chi connectivity index (χ1v) is 6.36. The van der Waals surface area contributed by atoms with Crippen LogP contribution in [0.2, 0.25) is 0 Å². The second kappa shape index (κ2) is 5.14. The van der Waals surface area contributed by atoms with Gasteiger partial charge < -0.3 is 10.4 Å². The summed E-state index contributed by atoms with van der Waals surface area (Å²) in [6.07, 6.45) is 1.55. The largest absolute Gasteiger partial charge is 0.478 e. The fourth-order valence-corrected chi connectivity index (χ4v) is 2.26. The van der Waals surface area contributed by atoms with Crippen LogP contribution < -0.4 is 5.32 Å². The maximum Gasteiger partial charge on any atom is 0.339 e. The summed E-state index contributed by atoms with van der Waals surface area (Å²) in [4.78, 5) is 19.4. The predicted octanol–water partition coefficient (Wildman–Crippen LogP) is 3.10. The molecular formula is C12H13N3O2S. The number of carbonyl (C=O) groups is 1. The minimum absolute atomic E-state index is 0.138. The quantitative estimate of drug-likeness (QED) is 0.886. The van der Waals surface area contributed by atoms with E-state index >= 15 is 0 Å². The third-order valence-electron chi connectivity index (χ3n) is 2.38. The van der Waals surface area contributed by atoms with E-state index in [-0.39, 0.29) is 5.56 Å². The molecule has 2 N–H and O–H groups in total. The van der Waals surface area contributed by atoms with Gasteiger partial charge in [-0.25, -0.2) is 14.8 Å². The van der Waals surface area contributed by atoms with Crippen molar-refractivity contribution in [1.29, 1.82) is 0 Å². The Hall–Kier alpha value is -1.95. The van der Waals surface area contributed by atoms with Crippen LogP contribution in [0.4, 0.5) is 10.9 Å². The Morgan fingerprint density at radius 1 is 1.50 bits per heavy atom. The Labute approximate surface area is 109 Å². The number of rotatable bonds is 4. The number of aromatic carboxylic acids is 1. The summed E-state index contributed by atoms with van der Waals surface area (Å²) in [6, 6.07) is 3.10. The van der Waals surface area contributed by atoms with Gasteiger partial charge in [-0.3, -0.25) is 0 Å². The zero-order chi connectivity index (χ0) is 13.1. The van der Waals surface area contributed by atoms with Crippen molar-refractivity contribution in [2.75, 3.05) is 5.32 Å². The smallest absolute Gasteiger partial charge is 0.339 e. The number of pyridine rings is 1. The van der Waals surface area contributed by atoms with E-state index in [2.05, 4.69) is 29.1 Å². The molecule has 94 valence electrons. The molecule has 0 saturated heterocycles. The van der Waals surface area contributed by atoms with Crippen LogP contribution in [0.15, 0.2) is 23.7 Å². The molecule has 0 radical (unpaired) electrons. The maximum atomic E-state index is 11.0. The van der Waals surface area contributed by atoms with Crippen LogP contribution in [0.1, 0.15) is 35.8 Å². The van der Waals surface area contributed by atoms with Gasteiger partial charge in [-0.1, -0.05) is 13.8 Å². The van der Waals surface area contributed by atoms with Crippen molar-refractivity contribution in [1.82, 2.24) is 9.97 Å². The van der Waals surface area contributed by atoms with Crippen LogP contribution >= 0.6 is 11.3 Å². The molecule has 2 aromatic heterocycles. The van der Waals surface area contributed by atoms with Crippen LogP contribution in [0.3, 0.4) is 0 Å². The highest BCUT2D eigenvalue weighted by molar-refractivity contribution is 7.13. The van der Waals surface area contributed by atoms with Crippen molar-refractivity contribution >= 4 is 28.3 Å². The van der Waals surface area contributed by atoms with Crippen molar-refractivity contribution in [2.45, 2.75) is 19.8 Å². The van der Waals surface area contributed by atoms with Crippen molar-refractivity contribution in [3.8, 4) is 0 Å². The molecule has 0 aliphatic carbocycles. The minimum Gasteiger partial charge on any atom is -0.478 e. The van der Waals surface area contributed by atoms with E-state index in [4.69, 9.17) is 5.11 Å². The van der Waals surface area contributed by atoms with E-state index in [0.29, 0.717) is 16.9 Å². The fraction of sp³-hybridized carbons (Fsp3) is 0.250. The van der Waals surface area contributed by atoms with Gasteiger partial charge in [0.15, 0.2) is 5.13 Å². The third-order valence-corrected chi connectivity index (χ3v) is 3.15. The van der Waals surface area contributed by atoms with E-state index in [0.717, 1.165) is 5.69 Å². The molecule has 0 aromatic carbocycles. The molecule has 0 aliphatic heterocycles. The number of anilines is 2. The lowest BCUT2D eigenvalue weighted by molar-refractivity contribution is 0.0697. The van der Waals surface area contributed by atoms with Gasteiger partial charge in [0.1, 0.15) is 11.4 Å². The summed E-state index contributed by atoms with van der Waals surface area (Å²) in [5.41, 5.74) is 1.12. The lowest BCUT2D eigenvalue weighted by atomic mass is 10.2. The highest BCUT2D eigenvalue weighted by Gasteiger charge is 2.12. The third kappa shape index (κ3) is 2.65. The number of nitrogens with zero attached hydrogens (tertiary/aromatic N) is 2. The number of thiazole rings is 1. The summed E-state index contributed by atoms with van der Waals surface area (Å²) >= 11 is 1.44. The molecule has 0 saturated carbocycles. The van der Waals surface area contributed by atoms with E-state index < -0.39 is 5.97 Å². The Bertz CT molecular complexity index is 566. The van der Waals surface area contributed by atoms with E-state index in [1.165, 1.54) is 17.4 Å². The van der Waals surface area contributed by atoms with Crippen molar-refractivity contribution in [3.63, 3.8) is 0 Å². The van der Waals surface area contributed by atoms with Gasteiger partial charge in [-0.05, 0) is 18.1 Å². The zero-order valence-electron chi connectivity index (χ0n) is 10.0. The Balaban J connectivity index is 2.25. The molecule has 18 heavy (non-hydrogen) atoms. The minimum atomic E-state index is -1.01. The Morgan fingerprint density at radius 3 is 2.89 bits per heavy atom. The lowest BCUT2D eigenvalue weighted by Gasteiger charge is -2.04. The van der Waals surface area contributed by atoms with Crippen LogP contribution in [0, 0.1) is 0 Å². The van der Waals surface area contributed by atoms with Crippen LogP contribution in [0.25, 0.3) is 0 Å². The Kier molecular flexibility index (Phi) is 3.57. The van der Waals surface area contributed by atoms with Crippen LogP contribution in [-0.4, -0.2) is 21.0 Å². The molecular weight excluding hydrogens is 250 g/mol. The van der Waals surface area contributed by atoms with E-state index in [9.17, 15) is 4.79 Å². The second-order valence-electron chi connectivity index (χ2n) is 4.06. The zero-order valence-corrected chi connectivity index (χ0v) is 10.9. The van der Waals surface area contributed by atoms with Crippen LogP contribution in [-0.2, 0) is 0 Å². The first-order chi connectivity index (χ1) is 8.58. The average Bonchev–Trinajstić information content (AvgIpc) is 2.78. The lowest BCUT2D eigenvalue weighted by Crippen LogP contribution is -2.04. The summed E-state index contributed by atoms with van der Waals surface area (Å²) in [6.45, 7) is 4.12. The number of carboxylic acids is 1. The molecule has 0 spiro atoms. The van der Waals surface area contributed by atoms with Gasteiger partial charge in [0.05, 0.1) is 5.69 Å². The molecule has 2 rings (SSSR count). The van der Waals surface area contributed by atoms with Gasteiger partial charge in [0.25, 0.3) is 0 Å². The summed E-state index contributed by atoms with van der Waals surface area (Å²) < 4.78 is 0. The van der Waals surface area contributed by atoms with Gasteiger partial charge >= 0.3 is 5.97 Å². The molecule has 2 aromatic rings. The summed E-state index contributed by atoms with van der Waals surface area (Å²) in [7, 11) is 0. The van der Waals surface area contributed by atoms with Gasteiger partial charge in [0.2, 0.25) is 0 Å². The van der Waals surface area contributed by atoms with Crippen molar-refractivity contribution < 1.29 is 9.90 Å². The fourth-order valence-electron chi connectivity index (χ4n) is 1.39. The van der Waals surface area contributed by atoms with Gasteiger partial charge in [-0.2, -0.15) is 0 Å². The van der Waals surface area contributed by atoms with Crippen molar-refractivity contribution in [3.05, 3.63) is 35.0 Å². The van der Waals surface area contributed by atoms with E-state index in [1.807, 2.05) is 5.38 Å². The van der Waals surface area contributed by atoms with Gasteiger partial charge in [-0.15, -0.1) is 11.3 Å². The second-order valence-corrected chi connectivity index (χ2v) is 4.92. The number of aromatic nitrogens is 2. The number of carboxylic acid groups (broad SMARTS) is 1. The predicted molar refractivity (Wildman–Crippen MR) is 70.7 cm³/mol. The molecule has 0 amide bonds. The average molecular weight is 263 g/mol. The highest BCUT2D eigenvalue weighted by atomic mass is 32.1. The normalized spacial score (nSPS) is 10.6. The molecule has 0 bridgehead atoms. The topological polar surface area (TPSA) is 75.1 Å². The molecule has 0 unspecified atom stereocenters. The molecule has 0 fully saturated rings. The summed E-state index contributed by atoms with van der Waals surface area (Å²) in [5.74, 6) is -0.347. The van der Waals surface area contributed by atoms with Crippen molar-refractivity contribution in [2.24, 2.45) is 0 Å². The molecule has 0 aliphatic rings. The molecule has 0 atom stereocenters. The first kappa shape index (κ1) is 12.5. The van der Waals surface area contributed by atoms with Gasteiger partial charge in [0, 0.05) is 11.6 Å². The number of nitrogens with one attached hydrogen (secondary N) is 1. The molecule has 2 heterocycles. The summed E-state index contributed by atoms with van der Waals surface area (Å²) in [5, 5.41) is 14.6. The Morgan fingerprint density at radius 2 is 2.28 bits per heavy atom. The molecule has 5 nitrogen and oxygen atoms in total. The SMILES string of the molecule is CC(C)c1csc(Nc2ncccc2C(=O)O)n1. The first-order valence-electron chi connectivity index (χ1n) is 5.48. The molecule has 6 heteroatoms. The number of hydrogen-bond acceptors (Lipinski definition) is 5. The number of hydrogen-bond donors (Lipinski definition) is 2. The highest BCUT2D eigenvalue weighted by Crippen LogP contribution is 2.25. The standard InChI is InChI=1S/C12H13N3O2S/c1-7(2)9-6-18-12(14-9)15-10-8(11(16)17)4-3-5-13-10/h3-7H,1-2H3,(H,16,17)(H,13,14,15). The van der Waals surface area contributed by atoms with Crippen LogP contribution in [0.5, 0.6) is 0 Å².